The fourth-order valence-electron chi connectivity index (χ4n) is 4.80. The maximum Gasteiger partial charge on any atom is 0.420 e. The molecule has 1 aromatic carbocycles. The van der Waals surface area contributed by atoms with Crippen LogP contribution < -0.4 is 9.64 Å². The molecule has 0 radical (unpaired) electrons. The molecule has 2 fully saturated rings. The lowest BCUT2D eigenvalue weighted by molar-refractivity contribution is -0.138. The smallest absolute Gasteiger partial charge is 0.420 e. The predicted octanol–water partition coefficient (Wildman–Crippen LogP) is 3.18. The number of pyridine rings is 1. The molecule has 0 saturated carbocycles. The van der Waals surface area contributed by atoms with Gasteiger partial charge in [0.2, 0.25) is 0 Å². The lowest BCUT2D eigenvalue weighted by Crippen LogP contribution is -2.56. The van der Waals surface area contributed by atoms with E-state index in [0.29, 0.717) is 24.3 Å². The zero-order chi connectivity index (χ0) is 23.2. The Kier molecular flexibility index (Phi) is 5.18. The minimum atomic E-state index is -4.55. The third-order valence-corrected chi connectivity index (χ3v) is 6.18. The van der Waals surface area contributed by atoms with Crippen LogP contribution in [-0.2, 0) is 6.18 Å². The third-order valence-electron chi connectivity index (χ3n) is 6.18. The van der Waals surface area contributed by atoms with Crippen molar-refractivity contribution < 1.29 is 22.7 Å². The molecule has 2 unspecified atom stereocenters. The Labute approximate surface area is 187 Å². The number of amides is 1. The van der Waals surface area contributed by atoms with E-state index in [1.54, 1.807) is 23.1 Å². The maximum atomic E-state index is 13.5. The SMILES string of the molecule is COc1c(C(F)(F)F)ccnc1N1C2CCC1CN(C(=O)c1ccccc1-n1nccn1)C2. The van der Waals surface area contributed by atoms with Gasteiger partial charge < -0.3 is 14.5 Å². The normalized spacial score (nSPS) is 20.2. The summed E-state index contributed by atoms with van der Waals surface area (Å²) in [6.45, 7) is 0.745. The molecule has 11 heteroatoms. The van der Waals surface area contributed by atoms with Crippen molar-refractivity contribution in [3.63, 3.8) is 0 Å². The van der Waals surface area contributed by atoms with Crippen molar-refractivity contribution in [2.75, 3.05) is 25.1 Å². The molecule has 0 aliphatic carbocycles. The van der Waals surface area contributed by atoms with E-state index >= 15 is 0 Å². The highest BCUT2D eigenvalue weighted by molar-refractivity contribution is 5.98. The van der Waals surface area contributed by atoms with Crippen LogP contribution in [0.2, 0.25) is 0 Å². The quantitative estimate of drug-likeness (QED) is 0.598. The molecule has 8 nitrogen and oxygen atoms in total. The first-order chi connectivity index (χ1) is 15.9. The van der Waals surface area contributed by atoms with Crippen LogP contribution in [0.25, 0.3) is 5.69 Å². The zero-order valence-corrected chi connectivity index (χ0v) is 17.7. The Morgan fingerprint density at radius 2 is 1.70 bits per heavy atom. The van der Waals surface area contributed by atoms with Gasteiger partial charge in [-0.15, -0.1) is 0 Å². The second-order valence-electron chi connectivity index (χ2n) is 8.05. The molecule has 2 aliphatic heterocycles. The highest BCUT2D eigenvalue weighted by atomic mass is 19.4. The summed E-state index contributed by atoms with van der Waals surface area (Å²) >= 11 is 0. The van der Waals surface area contributed by atoms with Crippen LogP contribution in [0.15, 0.2) is 48.9 Å². The number of piperazine rings is 1. The molecule has 2 atom stereocenters. The minimum absolute atomic E-state index is 0.160. The summed E-state index contributed by atoms with van der Waals surface area (Å²) in [5, 5.41) is 8.26. The van der Waals surface area contributed by atoms with E-state index in [2.05, 4.69) is 15.2 Å². The number of methoxy groups -OCH3 is 1. The number of rotatable bonds is 4. The molecule has 2 saturated heterocycles. The van der Waals surface area contributed by atoms with E-state index in [9.17, 15) is 18.0 Å². The van der Waals surface area contributed by atoms with Gasteiger partial charge in [-0.1, -0.05) is 12.1 Å². The molecule has 172 valence electrons. The largest absolute Gasteiger partial charge is 0.492 e. The summed E-state index contributed by atoms with van der Waals surface area (Å²) in [6.07, 6.45) is 1.18. The van der Waals surface area contributed by atoms with Crippen LogP contribution in [0.3, 0.4) is 0 Å². The van der Waals surface area contributed by atoms with Crippen LogP contribution in [0.5, 0.6) is 5.75 Å². The number of alkyl halides is 3. The van der Waals surface area contributed by atoms with Crippen molar-refractivity contribution >= 4 is 11.7 Å². The molecule has 0 N–H and O–H groups in total. The zero-order valence-electron chi connectivity index (χ0n) is 17.7. The Hall–Kier alpha value is -3.63. The number of anilines is 1. The second kappa shape index (κ2) is 8.05. The average Bonchev–Trinajstić information content (AvgIpc) is 3.43. The van der Waals surface area contributed by atoms with Gasteiger partial charge in [0.1, 0.15) is 5.56 Å². The first-order valence-electron chi connectivity index (χ1n) is 10.5. The van der Waals surface area contributed by atoms with E-state index in [1.807, 2.05) is 11.0 Å². The summed E-state index contributed by atoms with van der Waals surface area (Å²) in [5.41, 5.74) is 0.188. The van der Waals surface area contributed by atoms with E-state index in [1.165, 1.54) is 24.3 Å². The van der Waals surface area contributed by atoms with Gasteiger partial charge in [-0.2, -0.15) is 28.2 Å². The molecule has 5 rings (SSSR count). The van der Waals surface area contributed by atoms with Crippen molar-refractivity contribution in [1.29, 1.82) is 0 Å². The molecule has 2 aromatic heterocycles. The molecule has 33 heavy (non-hydrogen) atoms. The highest BCUT2D eigenvalue weighted by Crippen LogP contribution is 2.44. The fourth-order valence-corrected chi connectivity index (χ4v) is 4.80. The lowest BCUT2D eigenvalue weighted by atomic mass is 10.1. The molecule has 4 heterocycles. The molecule has 1 amide bonds. The van der Waals surface area contributed by atoms with Gasteiger partial charge in [0.05, 0.1) is 30.8 Å². The van der Waals surface area contributed by atoms with Crippen molar-refractivity contribution in [1.82, 2.24) is 24.9 Å². The molecular formula is C22H21F3N6O2. The first-order valence-corrected chi connectivity index (χ1v) is 10.5. The standard InChI is InChI=1S/C22H21F3N6O2/c1-33-19-17(22(23,24)25)8-9-26-20(19)30-14-6-7-15(30)13-29(12-14)21(32)16-4-2-3-5-18(16)31-27-10-11-28-31/h2-5,8-11,14-15H,6-7,12-13H2,1H3. The lowest BCUT2D eigenvalue weighted by Gasteiger charge is -2.42. The Morgan fingerprint density at radius 3 is 2.33 bits per heavy atom. The molecule has 0 spiro atoms. The van der Waals surface area contributed by atoms with Gasteiger partial charge in [-0.25, -0.2) is 4.98 Å². The number of nitrogens with zero attached hydrogens (tertiary/aromatic N) is 6. The minimum Gasteiger partial charge on any atom is -0.492 e. The number of aromatic nitrogens is 4. The molecule has 2 aliphatic rings. The van der Waals surface area contributed by atoms with E-state index in [0.717, 1.165) is 25.1 Å². The summed E-state index contributed by atoms with van der Waals surface area (Å²) in [6, 6.07) is 7.69. The maximum absolute atomic E-state index is 13.5. The monoisotopic (exact) mass is 458 g/mol. The number of ether oxygens (including phenoxy) is 1. The van der Waals surface area contributed by atoms with Crippen LogP contribution in [0, 0.1) is 0 Å². The summed E-state index contributed by atoms with van der Waals surface area (Å²) < 4.78 is 45.7. The summed E-state index contributed by atoms with van der Waals surface area (Å²) in [7, 11) is 1.22. The number of hydrogen-bond acceptors (Lipinski definition) is 6. The van der Waals surface area contributed by atoms with Gasteiger partial charge in [0, 0.05) is 31.4 Å². The molecule has 2 bridgehead atoms. The number of fused-ring (bicyclic) bond motifs is 2. The Morgan fingerprint density at radius 1 is 1.03 bits per heavy atom. The van der Waals surface area contributed by atoms with Crippen LogP contribution in [0.4, 0.5) is 19.0 Å². The number of likely N-dealkylation sites (tertiary alicyclic amines) is 1. The number of hydrogen-bond donors (Lipinski definition) is 0. The number of halogens is 3. The number of para-hydroxylation sites is 1. The van der Waals surface area contributed by atoms with Gasteiger partial charge >= 0.3 is 6.18 Å². The average molecular weight is 458 g/mol. The first kappa shape index (κ1) is 21.2. The van der Waals surface area contributed by atoms with E-state index in [-0.39, 0.29) is 29.6 Å². The van der Waals surface area contributed by atoms with Crippen molar-refractivity contribution in [2.45, 2.75) is 31.1 Å². The second-order valence-corrected chi connectivity index (χ2v) is 8.05. The Bertz CT molecular complexity index is 1150. The van der Waals surface area contributed by atoms with E-state index < -0.39 is 11.7 Å². The number of carbonyl (C=O) groups is 1. The van der Waals surface area contributed by atoms with Crippen molar-refractivity contribution in [3.8, 4) is 11.4 Å². The van der Waals surface area contributed by atoms with Gasteiger partial charge in [-0.3, -0.25) is 4.79 Å². The third kappa shape index (κ3) is 3.66. The van der Waals surface area contributed by atoms with Crippen molar-refractivity contribution in [2.24, 2.45) is 0 Å². The van der Waals surface area contributed by atoms with Crippen LogP contribution >= 0.6 is 0 Å². The van der Waals surface area contributed by atoms with Crippen LogP contribution in [-0.4, -0.2) is 63.1 Å². The molecule has 3 aromatic rings. The Balaban J connectivity index is 1.44. The summed E-state index contributed by atoms with van der Waals surface area (Å²) in [4.78, 5) is 22.7. The van der Waals surface area contributed by atoms with Crippen molar-refractivity contribution in [3.05, 3.63) is 60.0 Å². The van der Waals surface area contributed by atoms with Gasteiger partial charge in [0.15, 0.2) is 11.6 Å². The number of carbonyl (C=O) groups excluding carboxylic acids is 1. The predicted molar refractivity (Wildman–Crippen MR) is 112 cm³/mol. The topological polar surface area (TPSA) is 76.4 Å². The summed E-state index contributed by atoms with van der Waals surface area (Å²) in [5.74, 6) is -0.270. The molecular weight excluding hydrogens is 437 g/mol. The fraction of sp³-hybridized carbons (Fsp3) is 0.364. The van der Waals surface area contributed by atoms with Gasteiger partial charge in [0.25, 0.3) is 5.91 Å². The number of benzene rings is 1. The van der Waals surface area contributed by atoms with Gasteiger partial charge in [-0.05, 0) is 31.0 Å². The highest BCUT2D eigenvalue weighted by Gasteiger charge is 2.45. The van der Waals surface area contributed by atoms with E-state index in [4.69, 9.17) is 4.74 Å². The van der Waals surface area contributed by atoms with Crippen LogP contribution in [0.1, 0.15) is 28.8 Å².